The number of carbonyl (C=O) groups excluding carboxylic acids is 3. The molecule has 0 bridgehead atoms. The highest BCUT2D eigenvalue weighted by Gasteiger charge is 2.35. The maximum atomic E-state index is 12.5. The first-order chi connectivity index (χ1) is 12.2. The topological polar surface area (TPSA) is 66.5 Å². The third kappa shape index (κ3) is 4.81. The molecule has 1 fully saturated rings. The average Bonchev–Trinajstić information content (AvgIpc) is 2.84. The first-order valence-electron chi connectivity index (χ1n) is 8.14. The molecule has 1 saturated heterocycles. The number of benzene rings is 1. The van der Waals surface area contributed by atoms with E-state index in [4.69, 9.17) is 23.2 Å². The Labute approximate surface area is 167 Å². The quantitative estimate of drug-likeness (QED) is 0.691. The summed E-state index contributed by atoms with van der Waals surface area (Å²) in [6.45, 7) is 5.97. The maximum absolute atomic E-state index is 12.5. The number of hydrogen-bond acceptors (Lipinski definition) is 4. The molecule has 0 spiro atoms. The number of carbonyl (C=O) groups is 3. The molecule has 0 atom stereocenters. The Morgan fingerprint density at radius 1 is 1.31 bits per heavy atom. The SMILES string of the molecule is CCC(C)(C)C(=O)NCCN1C(=O)SC(=Cc2ccc(Cl)cc2Cl)C1=O. The first-order valence-corrected chi connectivity index (χ1v) is 9.71. The molecular weight excluding hydrogens is 395 g/mol. The summed E-state index contributed by atoms with van der Waals surface area (Å²) in [6.07, 6.45) is 2.27. The Bertz CT molecular complexity index is 778. The van der Waals surface area contributed by atoms with Crippen molar-refractivity contribution in [2.24, 2.45) is 5.41 Å². The first kappa shape index (κ1) is 20.8. The molecule has 5 nitrogen and oxygen atoms in total. The van der Waals surface area contributed by atoms with Crippen molar-refractivity contribution in [3.63, 3.8) is 0 Å². The van der Waals surface area contributed by atoms with E-state index < -0.39 is 11.3 Å². The molecule has 0 aliphatic carbocycles. The minimum absolute atomic E-state index is 0.101. The van der Waals surface area contributed by atoms with Crippen LogP contribution in [0.4, 0.5) is 4.79 Å². The van der Waals surface area contributed by atoms with Gasteiger partial charge in [-0.05, 0) is 42.0 Å². The molecule has 1 aromatic rings. The van der Waals surface area contributed by atoms with Crippen molar-refractivity contribution in [1.29, 1.82) is 0 Å². The molecule has 3 amide bonds. The highest BCUT2D eigenvalue weighted by atomic mass is 35.5. The van der Waals surface area contributed by atoms with Gasteiger partial charge in [0.1, 0.15) is 0 Å². The van der Waals surface area contributed by atoms with E-state index in [0.29, 0.717) is 26.9 Å². The predicted molar refractivity (Wildman–Crippen MR) is 106 cm³/mol. The smallest absolute Gasteiger partial charge is 0.293 e. The Kier molecular flexibility index (Phi) is 6.77. The van der Waals surface area contributed by atoms with Crippen LogP contribution in [0, 0.1) is 5.41 Å². The lowest BCUT2D eigenvalue weighted by molar-refractivity contribution is -0.130. The van der Waals surface area contributed by atoms with Crippen LogP contribution >= 0.6 is 35.0 Å². The van der Waals surface area contributed by atoms with Crippen LogP contribution in [0.5, 0.6) is 0 Å². The van der Waals surface area contributed by atoms with Crippen LogP contribution in [-0.4, -0.2) is 35.0 Å². The minimum atomic E-state index is -0.482. The van der Waals surface area contributed by atoms with Crippen molar-refractivity contribution in [2.45, 2.75) is 27.2 Å². The van der Waals surface area contributed by atoms with Gasteiger partial charge in [-0.1, -0.05) is 50.0 Å². The summed E-state index contributed by atoms with van der Waals surface area (Å²) in [5.74, 6) is -0.495. The fourth-order valence-corrected chi connectivity index (χ4v) is 3.45. The van der Waals surface area contributed by atoms with Crippen LogP contribution in [0.1, 0.15) is 32.8 Å². The Balaban J connectivity index is 2.02. The van der Waals surface area contributed by atoms with Crippen molar-refractivity contribution >= 4 is 58.1 Å². The van der Waals surface area contributed by atoms with Crippen LogP contribution in [0.3, 0.4) is 0 Å². The molecule has 0 saturated carbocycles. The monoisotopic (exact) mass is 414 g/mol. The van der Waals surface area contributed by atoms with Crippen LogP contribution in [0.25, 0.3) is 6.08 Å². The zero-order valence-electron chi connectivity index (χ0n) is 14.8. The van der Waals surface area contributed by atoms with E-state index in [9.17, 15) is 14.4 Å². The van der Waals surface area contributed by atoms with Crippen molar-refractivity contribution in [3.8, 4) is 0 Å². The fourth-order valence-electron chi connectivity index (χ4n) is 2.13. The molecule has 26 heavy (non-hydrogen) atoms. The number of halogens is 2. The van der Waals surface area contributed by atoms with E-state index in [0.717, 1.165) is 16.7 Å². The van der Waals surface area contributed by atoms with Crippen LogP contribution in [0.2, 0.25) is 10.0 Å². The number of nitrogens with zero attached hydrogens (tertiary/aromatic N) is 1. The number of imide groups is 1. The fraction of sp³-hybridized carbons (Fsp3) is 0.389. The zero-order valence-corrected chi connectivity index (χ0v) is 17.1. The Hall–Kier alpha value is -1.50. The molecule has 1 aliphatic heterocycles. The molecule has 0 radical (unpaired) electrons. The molecule has 2 rings (SSSR count). The lowest BCUT2D eigenvalue weighted by Gasteiger charge is -2.22. The third-order valence-corrected chi connectivity index (χ3v) is 5.71. The maximum Gasteiger partial charge on any atom is 0.293 e. The molecule has 1 aliphatic rings. The highest BCUT2D eigenvalue weighted by Crippen LogP contribution is 2.33. The summed E-state index contributed by atoms with van der Waals surface area (Å²) in [4.78, 5) is 38.1. The van der Waals surface area contributed by atoms with Gasteiger partial charge in [0, 0.05) is 28.5 Å². The molecule has 140 valence electrons. The van der Waals surface area contributed by atoms with Crippen LogP contribution in [0.15, 0.2) is 23.1 Å². The van der Waals surface area contributed by atoms with Crippen molar-refractivity contribution < 1.29 is 14.4 Å². The van der Waals surface area contributed by atoms with Gasteiger partial charge in [-0.25, -0.2) is 0 Å². The number of nitrogens with one attached hydrogen (secondary N) is 1. The zero-order chi connectivity index (χ0) is 19.5. The molecule has 8 heteroatoms. The second-order valence-corrected chi connectivity index (χ2v) is 8.33. The standard InChI is InChI=1S/C18H20Cl2N2O3S/c1-4-18(2,3)16(24)21-7-8-22-15(23)14(26-17(22)25)9-11-5-6-12(19)10-13(11)20/h5-6,9-10H,4,7-8H2,1-3H3,(H,21,24). The van der Waals surface area contributed by atoms with E-state index in [2.05, 4.69) is 5.32 Å². The Morgan fingerprint density at radius 2 is 2.00 bits per heavy atom. The summed E-state index contributed by atoms with van der Waals surface area (Å²) < 4.78 is 0. The van der Waals surface area contributed by atoms with E-state index in [-0.39, 0.29) is 24.2 Å². The number of thioether (sulfide) groups is 1. The largest absolute Gasteiger partial charge is 0.354 e. The van der Waals surface area contributed by atoms with Crippen molar-refractivity contribution in [2.75, 3.05) is 13.1 Å². The summed E-state index contributed by atoms with van der Waals surface area (Å²) in [5.41, 5.74) is 0.129. The predicted octanol–water partition coefficient (Wildman–Crippen LogP) is 4.58. The highest BCUT2D eigenvalue weighted by molar-refractivity contribution is 8.18. The molecule has 1 N–H and O–H groups in total. The summed E-state index contributed by atoms with van der Waals surface area (Å²) in [6, 6.07) is 4.92. The van der Waals surface area contributed by atoms with Crippen LogP contribution < -0.4 is 5.32 Å². The average molecular weight is 415 g/mol. The second kappa shape index (κ2) is 8.46. The van der Waals surface area contributed by atoms with E-state index in [1.165, 1.54) is 0 Å². The lowest BCUT2D eigenvalue weighted by Crippen LogP contribution is -2.42. The van der Waals surface area contributed by atoms with Gasteiger partial charge in [0.05, 0.1) is 4.91 Å². The lowest BCUT2D eigenvalue weighted by atomic mass is 9.89. The van der Waals surface area contributed by atoms with Gasteiger partial charge in [-0.3, -0.25) is 19.3 Å². The van der Waals surface area contributed by atoms with E-state index in [1.807, 2.05) is 20.8 Å². The summed E-state index contributed by atoms with van der Waals surface area (Å²) in [5, 5.41) is 3.30. The van der Waals surface area contributed by atoms with Gasteiger partial charge >= 0.3 is 0 Å². The molecular formula is C18H20Cl2N2O3S. The van der Waals surface area contributed by atoms with Gasteiger partial charge in [0.25, 0.3) is 11.1 Å². The molecule has 1 heterocycles. The second-order valence-electron chi connectivity index (χ2n) is 6.49. The number of rotatable bonds is 6. The van der Waals surface area contributed by atoms with Gasteiger partial charge < -0.3 is 5.32 Å². The number of amides is 3. The Morgan fingerprint density at radius 3 is 2.62 bits per heavy atom. The van der Waals surface area contributed by atoms with Gasteiger partial charge in [-0.15, -0.1) is 0 Å². The van der Waals surface area contributed by atoms with Crippen molar-refractivity contribution in [1.82, 2.24) is 10.2 Å². The molecule has 1 aromatic carbocycles. The van der Waals surface area contributed by atoms with Gasteiger partial charge in [-0.2, -0.15) is 0 Å². The third-order valence-electron chi connectivity index (χ3n) is 4.24. The molecule has 0 aromatic heterocycles. The summed E-state index contributed by atoms with van der Waals surface area (Å²) in [7, 11) is 0. The van der Waals surface area contributed by atoms with E-state index >= 15 is 0 Å². The number of hydrogen-bond donors (Lipinski definition) is 1. The van der Waals surface area contributed by atoms with Gasteiger partial charge in [0.2, 0.25) is 5.91 Å². The van der Waals surface area contributed by atoms with Gasteiger partial charge in [0.15, 0.2) is 0 Å². The normalized spacial score (nSPS) is 16.5. The van der Waals surface area contributed by atoms with E-state index in [1.54, 1.807) is 24.3 Å². The van der Waals surface area contributed by atoms with Crippen molar-refractivity contribution in [3.05, 3.63) is 38.7 Å². The van der Waals surface area contributed by atoms with Crippen LogP contribution in [-0.2, 0) is 9.59 Å². The molecule has 0 unspecified atom stereocenters. The summed E-state index contributed by atoms with van der Waals surface area (Å²) >= 11 is 12.8. The minimum Gasteiger partial charge on any atom is -0.354 e.